The third-order valence-electron chi connectivity index (χ3n) is 0.719. The van der Waals surface area contributed by atoms with Crippen LogP contribution in [0, 0.1) is 5.92 Å². The Morgan fingerprint density at radius 1 is 1.54 bits per heavy atom. The topological polar surface area (TPSA) is 91.7 Å². The summed E-state index contributed by atoms with van der Waals surface area (Å²) >= 11 is 0. The van der Waals surface area contributed by atoms with Crippen LogP contribution in [0.4, 0.5) is 0 Å². The van der Waals surface area contributed by atoms with E-state index in [9.17, 15) is 13.2 Å². The molecule has 0 aliphatic heterocycles. The molecular weight excluding hydrogens is 196 g/mol. The normalized spacial score (nSPS) is 10.2. The zero-order valence-corrected chi connectivity index (χ0v) is 8.41. The monoisotopic (exact) mass is 210 g/mol. The molecule has 6 heteroatoms. The fourth-order valence-corrected chi connectivity index (χ4v) is 1.26. The fraction of sp³-hybridized carbons (Fsp3) is 0.571. The Labute approximate surface area is 77.8 Å². The van der Waals surface area contributed by atoms with Gasteiger partial charge < -0.3 is 5.11 Å². The molecule has 0 fully saturated rings. The van der Waals surface area contributed by atoms with Gasteiger partial charge in [0.15, 0.2) is 0 Å². The van der Waals surface area contributed by atoms with Crippen molar-refractivity contribution in [1.82, 2.24) is 0 Å². The SMILES string of the molecule is C=CC(=O)O.CC(C)CS(=O)(=O)O. The number of hydrogen-bond donors (Lipinski definition) is 2. The number of hydrogen-bond acceptors (Lipinski definition) is 3. The molecule has 0 rings (SSSR count). The van der Waals surface area contributed by atoms with Crippen molar-refractivity contribution in [3.8, 4) is 0 Å². The van der Waals surface area contributed by atoms with E-state index >= 15 is 0 Å². The zero-order valence-electron chi connectivity index (χ0n) is 7.60. The molecule has 0 radical (unpaired) electrons. The summed E-state index contributed by atoms with van der Waals surface area (Å²) in [6.45, 7) is 6.42. The highest BCUT2D eigenvalue weighted by atomic mass is 32.2. The number of carboxylic acid groups (broad SMARTS) is 1. The number of carboxylic acids is 1. The van der Waals surface area contributed by atoms with E-state index in [0.29, 0.717) is 0 Å². The minimum absolute atomic E-state index is 0.00463. The minimum atomic E-state index is -3.72. The summed E-state index contributed by atoms with van der Waals surface area (Å²) in [6.07, 6.45) is 0.833. The lowest BCUT2D eigenvalue weighted by molar-refractivity contribution is -0.131. The van der Waals surface area contributed by atoms with Crippen LogP contribution in [0.25, 0.3) is 0 Å². The molecule has 0 saturated carbocycles. The van der Waals surface area contributed by atoms with Gasteiger partial charge in [-0.1, -0.05) is 20.4 Å². The second-order valence-electron chi connectivity index (χ2n) is 2.68. The molecule has 0 heterocycles. The van der Waals surface area contributed by atoms with Gasteiger partial charge in [-0.2, -0.15) is 8.42 Å². The first-order valence-corrected chi connectivity index (χ1v) is 5.10. The van der Waals surface area contributed by atoms with Crippen LogP contribution in [0.1, 0.15) is 13.8 Å². The largest absolute Gasteiger partial charge is 0.478 e. The molecule has 0 spiro atoms. The average Bonchev–Trinajstić information content (AvgIpc) is 1.83. The maximum Gasteiger partial charge on any atom is 0.327 e. The molecule has 0 saturated heterocycles. The van der Waals surface area contributed by atoms with Crippen molar-refractivity contribution in [3.63, 3.8) is 0 Å². The van der Waals surface area contributed by atoms with Crippen LogP contribution in [0.15, 0.2) is 12.7 Å². The van der Waals surface area contributed by atoms with Gasteiger partial charge in [0.2, 0.25) is 0 Å². The summed E-state index contributed by atoms with van der Waals surface area (Å²) in [5, 5.41) is 7.60. The smallest absolute Gasteiger partial charge is 0.327 e. The quantitative estimate of drug-likeness (QED) is 0.530. The van der Waals surface area contributed by atoms with E-state index in [1.54, 1.807) is 13.8 Å². The molecule has 2 N–H and O–H groups in total. The Balaban J connectivity index is 0. The van der Waals surface area contributed by atoms with Crippen LogP contribution >= 0.6 is 0 Å². The van der Waals surface area contributed by atoms with Crippen LogP contribution in [0.2, 0.25) is 0 Å². The van der Waals surface area contributed by atoms with Gasteiger partial charge in [-0.3, -0.25) is 4.55 Å². The van der Waals surface area contributed by atoms with Gasteiger partial charge in [-0.25, -0.2) is 4.79 Å². The van der Waals surface area contributed by atoms with Gasteiger partial charge in [-0.05, 0) is 5.92 Å². The van der Waals surface area contributed by atoms with Crippen LogP contribution in [0.5, 0.6) is 0 Å². The molecule has 78 valence electrons. The van der Waals surface area contributed by atoms with Crippen molar-refractivity contribution < 1.29 is 22.9 Å². The second-order valence-corrected chi connectivity index (χ2v) is 4.18. The highest BCUT2D eigenvalue weighted by Crippen LogP contribution is 1.95. The first-order chi connectivity index (χ1) is 5.69. The predicted octanol–water partition coefficient (Wildman–Crippen LogP) is 0.787. The van der Waals surface area contributed by atoms with E-state index in [0.717, 1.165) is 6.08 Å². The summed E-state index contributed by atoms with van der Waals surface area (Å²) in [4.78, 5) is 9.25. The van der Waals surface area contributed by atoms with Gasteiger partial charge in [-0.15, -0.1) is 0 Å². The summed E-state index contributed by atoms with van der Waals surface area (Å²) in [7, 11) is -3.72. The Bertz CT molecular complexity index is 252. The van der Waals surface area contributed by atoms with Crippen molar-refractivity contribution in [3.05, 3.63) is 12.7 Å². The third-order valence-corrected chi connectivity index (χ3v) is 1.81. The molecule has 0 atom stereocenters. The lowest BCUT2D eigenvalue weighted by atomic mass is 10.3. The van der Waals surface area contributed by atoms with E-state index < -0.39 is 16.1 Å². The lowest BCUT2D eigenvalue weighted by Crippen LogP contribution is -2.09. The standard InChI is InChI=1S/C4H10O3S.C3H4O2/c1-4(2)3-8(5,6)7;1-2-3(4)5/h4H,3H2,1-2H3,(H,5,6,7);2H,1H2,(H,4,5). The van der Waals surface area contributed by atoms with E-state index in [1.807, 2.05) is 0 Å². The molecule has 0 aliphatic carbocycles. The minimum Gasteiger partial charge on any atom is -0.478 e. The van der Waals surface area contributed by atoms with E-state index in [2.05, 4.69) is 6.58 Å². The maximum absolute atomic E-state index is 10.00. The number of carbonyl (C=O) groups is 1. The predicted molar refractivity (Wildman–Crippen MR) is 49.1 cm³/mol. The molecule has 0 aromatic carbocycles. The summed E-state index contributed by atoms with van der Waals surface area (Å²) in [6, 6.07) is 0. The Kier molecular flexibility index (Phi) is 7.45. The van der Waals surface area contributed by atoms with E-state index in [4.69, 9.17) is 9.66 Å². The molecule has 0 aliphatic rings. The van der Waals surface area contributed by atoms with Gasteiger partial charge >= 0.3 is 5.97 Å². The van der Waals surface area contributed by atoms with Crippen molar-refractivity contribution in [2.24, 2.45) is 5.92 Å². The van der Waals surface area contributed by atoms with Gasteiger partial charge in [0.1, 0.15) is 0 Å². The molecule has 0 aromatic rings. The molecular formula is C7H14O5S. The van der Waals surface area contributed by atoms with E-state index in [-0.39, 0.29) is 11.7 Å². The zero-order chi connectivity index (χ0) is 11.1. The Morgan fingerprint density at radius 3 is 1.85 bits per heavy atom. The van der Waals surface area contributed by atoms with Crippen LogP contribution in [-0.4, -0.2) is 29.8 Å². The number of aliphatic carboxylic acids is 1. The third kappa shape index (κ3) is 24.7. The van der Waals surface area contributed by atoms with E-state index in [1.165, 1.54) is 0 Å². The lowest BCUT2D eigenvalue weighted by Gasteiger charge is -1.97. The van der Waals surface area contributed by atoms with Gasteiger partial charge in [0.25, 0.3) is 10.1 Å². The molecule has 13 heavy (non-hydrogen) atoms. The Morgan fingerprint density at radius 2 is 1.85 bits per heavy atom. The van der Waals surface area contributed by atoms with Crippen molar-refractivity contribution >= 4 is 16.1 Å². The molecule has 0 unspecified atom stereocenters. The maximum atomic E-state index is 10.00. The van der Waals surface area contributed by atoms with Crippen LogP contribution in [-0.2, 0) is 14.9 Å². The van der Waals surface area contributed by atoms with Crippen LogP contribution < -0.4 is 0 Å². The molecule has 0 amide bonds. The highest BCUT2D eigenvalue weighted by molar-refractivity contribution is 7.85. The molecule has 0 bridgehead atoms. The Hall–Kier alpha value is -0.880. The first-order valence-electron chi connectivity index (χ1n) is 3.49. The number of rotatable bonds is 3. The first kappa shape index (κ1) is 14.6. The average molecular weight is 210 g/mol. The summed E-state index contributed by atoms with van der Waals surface area (Å²) in [5.41, 5.74) is 0. The molecule has 5 nitrogen and oxygen atoms in total. The van der Waals surface area contributed by atoms with Gasteiger partial charge in [0, 0.05) is 6.08 Å². The van der Waals surface area contributed by atoms with Gasteiger partial charge in [0.05, 0.1) is 5.75 Å². The molecule has 0 aromatic heterocycles. The summed E-state index contributed by atoms with van der Waals surface area (Å²) in [5.74, 6) is -1.12. The second kappa shape index (κ2) is 6.62. The van der Waals surface area contributed by atoms with Crippen molar-refractivity contribution in [2.75, 3.05) is 5.75 Å². The van der Waals surface area contributed by atoms with Crippen molar-refractivity contribution in [2.45, 2.75) is 13.8 Å². The fourth-order valence-electron chi connectivity index (χ4n) is 0.421. The highest BCUT2D eigenvalue weighted by Gasteiger charge is 2.05. The van der Waals surface area contributed by atoms with Crippen molar-refractivity contribution in [1.29, 1.82) is 0 Å². The van der Waals surface area contributed by atoms with Crippen LogP contribution in [0.3, 0.4) is 0 Å². The summed E-state index contributed by atoms with van der Waals surface area (Å²) < 4.78 is 28.2.